The predicted octanol–water partition coefficient (Wildman–Crippen LogP) is 3.10. The summed E-state index contributed by atoms with van der Waals surface area (Å²) < 4.78 is 32.8. The molecule has 2 rings (SSSR count). The van der Waals surface area contributed by atoms with E-state index in [4.69, 9.17) is 4.42 Å². The summed E-state index contributed by atoms with van der Waals surface area (Å²) in [4.78, 5) is 0.300. The van der Waals surface area contributed by atoms with Gasteiger partial charge in [-0.3, -0.25) is 0 Å². The molecule has 108 valence electrons. The molecule has 20 heavy (non-hydrogen) atoms. The van der Waals surface area contributed by atoms with Gasteiger partial charge in [-0.05, 0) is 59.0 Å². The largest absolute Gasteiger partial charge is 0.468 e. The van der Waals surface area contributed by atoms with Crippen molar-refractivity contribution in [1.29, 1.82) is 0 Å². The molecule has 1 aromatic carbocycles. The zero-order chi connectivity index (χ0) is 14.4. The third-order valence-corrected chi connectivity index (χ3v) is 5.66. The Bertz CT molecular complexity index is 624. The van der Waals surface area contributed by atoms with Crippen molar-refractivity contribution in [3.8, 4) is 0 Å². The van der Waals surface area contributed by atoms with Gasteiger partial charge in [0.25, 0.3) is 0 Å². The molecule has 0 saturated carbocycles. The molecule has 0 fully saturated rings. The summed E-state index contributed by atoms with van der Waals surface area (Å²) in [6, 6.07) is 10.5. The van der Waals surface area contributed by atoms with Gasteiger partial charge in [-0.15, -0.1) is 0 Å². The van der Waals surface area contributed by atoms with E-state index < -0.39 is 10.0 Å². The Labute approximate surface area is 136 Å². The van der Waals surface area contributed by atoms with E-state index >= 15 is 0 Å². The van der Waals surface area contributed by atoms with E-state index in [0.717, 1.165) is 15.1 Å². The fourth-order valence-corrected chi connectivity index (χ4v) is 3.79. The first-order chi connectivity index (χ1) is 9.58. The van der Waals surface area contributed by atoms with E-state index in [1.54, 1.807) is 42.3 Å². The van der Waals surface area contributed by atoms with Gasteiger partial charge in [0.2, 0.25) is 10.0 Å². The highest BCUT2D eigenvalue weighted by molar-refractivity contribution is 14.1. The van der Waals surface area contributed by atoms with Crippen molar-refractivity contribution in [3.05, 3.63) is 52.0 Å². The molecular formula is C13H14INO3S2. The van der Waals surface area contributed by atoms with Crippen LogP contribution in [-0.2, 0) is 15.8 Å². The summed E-state index contributed by atoms with van der Waals surface area (Å²) in [5, 5.41) is 0. The molecule has 2 aromatic rings. The van der Waals surface area contributed by atoms with E-state index in [1.165, 1.54) is 0 Å². The minimum atomic E-state index is -3.40. The standard InChI is InChI=1S/C13H14INO3S2/c14-11-3-5-13(6-4-11)20(16,17)15-7-9-19-10-12-2-1-8-18-12/h1-6,8,15H,7,9-10H2. The van der Waals surface area contributed by atoms with Gasteiger partial charge in [0.05, 0.1) is 16.9 Å². The predicted molar refractivity (Wildman–Crippen MR) is 89.2 cm³/mol. The number of thioether (sulfide) groups is 1. The maximum Gasteiger partial charge on any atom is 0.240 e. The van der Waals surface area contributed by atoms with E-state index in [9.17, 15) is 8.42 Å². The number of furan rings is 1. The van der Waals surface area contributed by atoms with Crippen LogP contribution in [0.3, 0.4) is 0 Å². The van der Waals surface area contributed by atoms with Crippen molar-refractivity contribution >= 4 is 44.4 Å². The average molecular weight is 423 g/mol. The van der Waals surface area contributed by atoms with Crippen LogP contribution in [0.1, 0.15) is 5.76 Å². The number of benzene rings is 1. The fourth-order valence-electron chi connectivity index (χ4n) is 1.51. The minimum absolute atomic E-state index is 0.300. The van der Waals surface area contributed by atoms with E-state index in [1.807, 2.05) is 12.1 Å². The van der Waals surface area contributed by atoms with Crippen molar-refractivity contribution in [1.82, 2.24) is 4.72 Å². The van der Waals surface area contributed by atoms with Gasteiger partial charge in [-0.2, -0.15) is 11.8 Å². The lowest BCUT2D eigenvalue weighted by molar-refractivity contribution is 0.530. The molecule has 0 unspecified atom stereocenters. The first-order valence-electron chi connectivity index (χ1n) is 5.93. The van der Waals surface area contributed by atoms with Crippen molar-refractivity contribution < 1.29 is 12.8 Å². The van der Waals surface area contributed by atoms with Crippen LogP contribution in [0, 0.1) is 3.57 Å². The summed E-state index contributed by atoms with van der Waals surface area (Å²) in [5.41, 5.74) is 0. The summed E-state index contributed by atoms with van der Waals surface area (Å²) in [6.07, 6.45) is 1.63. The highest BCUT2D eigenvalue weighted by atomic mass is 127. The second kappa shape index (κ2) is 7.48. The molecule has 0 saturated heterocycles. The first-order valence-corrected chi connectivity index (χ1v) is 9.65. The second-order valence-electron chi connectivity index (χ2n) is 3.98. The van der Waals surface area contributed by atoms with Gasteiger partial charge in [-0.1, -0.05) is 0 Å². The summed E-state index contributed by atoms with van der Waals surface area (Å²) in [5.74, 6) is 2.35. The third kappa shape index (κ3) is 4.80. The Morgan fingerprint density at radius 1 is 1.20 bits per heavy atom. The normalized spacial score (nSPS) is 11.7. The Balaban J connectivity index is 1.76. The van der Waals surface area contributed by atoms with Crippen LogP contribution >= 0.6 is 34.4 Å². The SMILES string of the molecule is O=S(=O)(NCCSCc1ccco1)c1ccc(I)cc1. The molecule has 0 aliphatic carbocycles. The van der Waals surface area contributed by atoms with Crippen LogP contribution in [0.25, 0.3) is 0 Å². The van der Waals surface area contributed by atoms with E-state index in [-0.39, 0.29) is 0 Å². The second-order valence-corrected chi connectivity index (χ2v) is 8.10. The van der Waals surface area contributed by atoms with Crippen molar-refractivity contribution in [2.45, 2.75) is 10.6 Å². The zero-order valence-electron chi connectivity index (χ0n) is 10.6. The maximum absolute atomic E-state index is 12.0. The average Bonchev–Trinajstić information content (AvgIpc) is 2.92. The first kappa shape index (κ1) is 15.9. The highest BCUT2D eigenvalue weighted by Gasteiger charge is 2.12. The number of nitrogens with one attached hydrogen (secondary N) is 1. The Morgan fingerprint density at radius 2 is 1.95 bits per heavy atom. The molecule has 0 atom stereocenters. The van der Waals surface area contributed by atoms with Gasteiger partial charge in [-0.25, -0.2) is 13.1 Å². The third-order valence-electron chi connectivity index (χ3n) is 2.49. The van der Waals surface area contributed by atoms with Gasteiger partial charge >= 0.3 is 0 Å². The molecule has 7 heteroatoms. The lowest BCUT2D eigenvalue weighted by Gasteiger charge is -2.06. The van der Waals surface area contributed by atoms with Gasteiger partial charge < -0.3 is 4.42 Å². The van der Waals surface area contributed by atoms with Gasteiger partial charge in [0.15, 0.2) is 0 Å². The van der Waals surface area contributed by atoms with Gasteiger partial charge in [0, 0.05) is 15.9 Å². The van der Waals surface area contributed by atoms with Crippen LogP contribution < -0.4 is 4.72 Å². The number of hydrogen-bond donors (Lipinski definition) is 1. The van der Waals surface area contributed by atoms with Crippen LogP contribution in [0.5, 0.6) is 0 Å². The Morgan fingerprint density at radius 3 is 2.60 bits per heavy atom. The molecule has 0 aliphatic rings. The monoisotopic (exact) mass is 423 g/mol. The van der Waals surface area contributed by atoms with Crippen molar-refractivity contribution in [3.63, 3.8) is 0 Å². The highest BCUT2D eigenvalue weighted by Crippen LogP contribution is 2.13. The van der Waals surface area contributed by atoms with Crippen LogP contribution in [-0.4, -0.2) is 20.7 Å². The number of hydrogen-bond acceptors (Lipinski definition) is 4. The molecule has 0 aliphatic heterocycles. The van der Waals surface area contributed by atoms with Crippen LogP contribution in [0.2, 0.25) is 0 Å². The Kier molecular flexibility index (Phi) is 5.94. The van der Waals surface area contributed by atoms with Crippen LogP contribution in [0.15, 0.2) is 52.0 Å². The van der Waals surface area contributed by atoms with Crippen molar-refractivity contribution in [2.75, 3.05) is 12.3 Å². The summed E-state index contributed by atoms with van der Waals surface area (Å²) >= 11 is 3.77. The molecule has 1 aromatic heterocycles. The minimum Gasteiger partial charge on any atom is -0.468 e. The van der Waals surface area contributed by atoms with Crippen LogP contribution in [0.4, 0.5) is 0 Å². The summed E-state index contributed by atoms with van der Waals surface area (Å²) in [7, 11) is -3.40. The molecule has 0 spiro atoms. The molecular weight excluding hydrogens is 409 g/mol. The molecule has 0 bridgehead atoms. The smallest absolute Gasteiger partial charge is 0.240 e. The zero-order valence-corrected chi connectivity index (χ0v) is 14.4. The quantitative estimate of drug-likeness (QED) is 0.550. The molecule has 1 heterocycles. The topological polar surface area (TPSA) is 59.3 Å². The molecule has 0 radical (unpaired) electrons. The van der Waals surface area contributed by atoms with E-state index in [0.29, 0.717) is 17.2 Å². The number of halogens is 1. The Hall–Kier alpha value is -0.510. The lowest BCUT2D eigenvalue weighted by atomic mass is 10.4. The maximum atomic E-state index is 12.0. The summed E-state index contributed by atoms with van der Waals surface area (Å²) in [6.45, 7) is 0.402. The molecule has 0 amide bonds. The number of rotatable bonds is 7. The number of sulfonamides is 1. The van der Waals surface area contributed by atoms with Crippen molar-refractivity contribution in [2.24, 2.45) is 0 Å². The van der Waals surface area contributed by atoms with E-state index in [2.05, 4.69) is 27.3 Å². The fraction of sp³-hybridized carbons (Fsp3) is 0.231. The molecule has 4 nitrogen and oxygen atoms in total. The molecule has 1 N–H and O–H groups in total. The van der Waals surface area contributed by atoms with Gasteiger partial charge in [0.1, 0.15) is 5.76 Å². The lowest BCUT2D eigenvalue weighted by Crippen LogP contribution is -2.26.